The Labute approximate surface area is 165 Å². The lowest BCUT2D eigenvalue weighted by Gasteiger charge is -2.39. The summed E-state index contributed by atoms with van der Waals surface area (Å²) in [6.07, 6.45) is 0. The van der Waals surface area contributed by atoms with Crippen LogP contribution in [0.1, 0.15) is 36.1 Å². The SMILES string of the molecule is CCNC(=NCC(C)(C)N1CCOCC1)NCCNC(=O)c1scnc1C. The maximum Gasteiger partial charge on any atom is 0.263 e. The average molecular weight is 397 g/mol. The highest BCUT2D eigenvalue weighted by molar-refractivity contribution is 7.11. The van der Waals surface area contributed by atoms with E-state index in [1.54, 1.807) is 5.51 Å². The molecule has 0 aromatic carbocycles. The van der Waals surface area contributed by atoms with Crippen molar-refractivity contribution in [1.29, 1.82) is 0 Å². The van der Waals surface area contributed by atoms with Crippen molar-refractivity contribution in [3.05, 3.63) is 16.1 Å². The van der Waals surface area contributed by atoms with Crippen LogP contribution in [0.5, 0.6) is 0 Å². The number of morpholine rings is 1. The number of aromatic nitrogens is 1. The molecule has 152 valence electrons. The Balaban J connectivity index is 1.79. The van der Waals surface area contributed by atoms with E-state index < -0.39 is 0 Å². The minimum absolute atomic E-state index is 0.0238. The quantitative estimate of drug-likeness (QED) is 0.343. The fraction of sp³-hybridized carbons (Fsp3) is 0.722. The summed E-state index contributed by atoms with van der Waals surface area (Å²) in [4.78, 5) is 24.0. The number of aryl methyl sites for hydroxylation is 1. The molecule has 0 bridgehead atoms. The average Bonchev–Trinajstić information content (AvgIpc) is 3.09. The number of ether oxygens (including phenoxy) is 1. The molecule has 0 radical (unpaired) electrons. The lowest BCUT2D eigenvalue weighted by molar-refractivity contribution is -0.00683. The number of thiazole rings is 1. The predicted octanol–water partition coefficient (Wildman–Crippen LogP) is 0.847. The smallest absolute Gasteiger partial charge is 0.263 e. The number of guanidine groups is 1. The summed E-state index contributed by atoms with van der Waals surface area (Å²) in [6, 6.07) is 0. The minimum atomic E-state index is -0.0767. The van der Waals surface area contributed by atoms with Gasteiger partial charge in [0.1, 0.15) is 4.88 Å². The van der Waals surface area contributed by atoms with E-state index in [4.69, 9.17) is 9.73 Å². The summed E-state index contributed by atoms with van der Waals surface area (Å²) < 4.78 is 5.44. The van der Waals surface area contributed by atoms with Crippen LogP contribution in [-0.4, -0.2) is 79.8 Å². The van der Waals surface area contributed by atoms with Gasteiger partial charge in [-0.25, -0.2) is 4.98 Å². The molecule has 1 aromatic rings. The van der Waals surface area contributed by atoms with E-state index in [1.807, 2.05) is 13.8 Å². The van der Waals surface area contributed by atoms with Crippen LogP contribution in [0.4, 0.5) is 0 Å². The van der Waals surface area contributed by atoms with Gasteiger partial charge < -0.3 is 20.7 Å². The summed E-state index contributed by atoms with van der Waals surface area (Å²) in [5.41, 5.74) is 2.43. The summed E-state index contributed by atoms with van der Waals surface area (Å²) >= 11 is 1.36. The fourth-order valence-corrected chi connectivity index (χ4v) is 3.56. The predicted molar refractivity (Wildman–Crippen MR) is 110 cm³/mol. The van der Waals surface area contributed by atoms with Gasteiger partial charge in [-0.05, 0) is 27.7 Å². The molecule has 0 spiro atoms. The van der Waals surface area contributed by atoms with Gasteiger partial charge in [0.25, 0.3) is 5.91 Å². The number of aliphatic imine (C=N–C) groups is 1. The third-order valence-corrected chi connectivity index (χ3v) is 5.42. The molecule has 0 atom stereocenters. The number of nitrogens with zero attached hydrogens (tertiary/aromatic N) is 3. The van der Waals surface area contributed by atoms with Gasteiger partial charge in [-0.2, -0.15) is 0 Å². The van der Waals surface area contributed by atoms with Crippen LogP contribution in [0.15, 0.2) is 10.5 Å². The van der Waals surface area contributed by atoms with Gasteiger partial charge in [-0.3, -0.25) is 14.7 Å². The van der Waals surface area contributed by atoms with Crippen molar-refractivity contribution in [2.75, 3.05) is 52.5 Å². The molecule has 1 saturated heterocycles. The van der Waals surface area contributed by atoms with Gasteiger partial charge in [0.05, 0.1) is 31.0 Å². The van der Waals surface area contributed by atoms with Crippen LogP contribution in [0.3, 0.4) is 0 Å². The second-order valence-corrected chi connectivity index (χ2v) is 7.91. The van der Waals surface area contributed by atoms with Crippen molar-refractivity contribution in [1.82, 2.24) is 25.8 Å². The third-order valence-electron chi connectivity index (χ3n) is 4.49. The van der Waals surface area contributed by atoms with Crippen LogP contribution in [0.25, 0.3) is 0 Å². The Morgan fingerprint density at radius 1 is 1.30 bits per heavy atom. The number of carbonyl (C=O) groups is 1. The first-order chi connectivity index (χ1) is 12.9. The van der Waals surface area contributed by atoms with E-state index in [0.29, 0.717) is 24.5 Å². The van der Waals surface area contributed by atoms with Gasteiger partial charge in [-0.15, -0.1) is 11.3 Å². The summed E-state index contributed by atoms with van der Waals surface area (Å²) in [5, 5.41) is 9.45. The molecule has 1 aliphatic rings. The van der Waals surface area contributed by atoms with Crippen LogP contribution >= 0.6 is 11.3 Å². The standard InChI is InChI=1S/C18H32N6O2S/c1-5-19-17(22-12-18(3,4)24-8-10-26-11-9-24)21-7-6-20-16(25)15-14(2)23-13-27-15/h13H,5-12H2,1-4H3,(H,20,25)(H2,19,21,22). The third kappa shape index (κ3) is 6.75. The van der Waals surface area contributed by atoms with Gasteiger partial charge in [-0.1, -0.05) is 0 Å². The first kappa shape index (κ1) is 21.6. The molecule has 3 N–H and O–H groups in total. The van der Waals surface area contributed by atoms with Crippen LogP contribution in [-0.2, 0) is 4.74 Å². The number of amides is 1. The first-order valence-corrected chi connectivity index (χ1v) is 10.3. The van der Waals surface area contributed by atoms with Crippen LogP contribution in [0.2, 0.25) is 0 Å². The number of nitrogens with one attached hydrogen (secondary N) is 3. The maximum absolute atomic E-state index is 12.1. The molecule has 1 aromatic heterocycles. The van der Waals surface area contributed by atoms with Gasteiger partial charge >= 0.3 is 0 Å². The maximum atomic E-state index is 12.1. The fourth-order valence-electron chi connectivity index (χ4n) is 2.84. The van der Waals surface area contributed by atoms with Crippen molar-refractivity contribution in [3.63, 3.8) is 0 Å². The molecule has 9 heteroatoms. The van der Waals surface area contributed by atoms with E-state index in [9.17, 15) is 4.79 Å². The van der Waals surface area contributed by atoms with E-state index in [2.05, 4.69) is 39.7 Å². The van der Waals surface area contributed by atoms with E-state index in [0.717, 1.165) is 44.5 Å². The van der Waals surface area contributed by atoms with Crippen molar-refractivity contribution in [2.45, 2.75) is 33.2 Å². The van der Waals surface area contributed by atoms with E-state index in [1.165, 1.54) is 11.3 Å². The topological polar surface area (TPSA) is 90.9 Å². The highest BCUT2D eigenvalue weighted by Gasteiger charge is 2.28. The Morgan fingerprint density at radius 2 is 2.00 bits per heavy atom. The monoisotopic (exact) mass is 396 g/mol. The number of hydrogen-bond acceptors (Lipinski definition) is 6. The lowest BCUT2D eigenvalue weighted by Crippen LogP contribution is -2.52. The van der Waals surface area contributed by atoms with Crippen molar-refractivity contribution in [2.24, 2.45) is 4.99 Å². The molecule has 0 saturated carbocycles. The highest BCUT2D eigenvalue weighted by Crippen LogP contribution is 2.16. The Morgan fingerprint density at radius 3 is 2.63 bits per heavy atom. The number of rotatable bonds is 8. The first-order valence-electron chi connectivity index (χ1n) is 9.47. The molecule has 2 heterocycles. The molecule has 0 aliphatic carbocycles. The van der Waals surface area contributed by atoms with Crippen molar-refractivity contribution < 1.29 is 9.53 Å². The molecule has 27 heavy (non-hydrogen) atoms. The molecule has 1 fully saturated rings. The molecular weight excluding hydrogens is 364 g/mol. The van der Waals surface area contributed by atoms with Crippen LogP contribution in [0, 0.1) is 6.92 Å². The number of hydrogen-bond donors (Lipinski definition) is 3. The minimum Gasteiger partial charge on any atom is -0.379 e. The second kappa shape index (κ2) is 10.6. The van der Waals surface area contributed by atoms with Crippen molar-refractivity contribution in [3.8, 4) is 0 Å². The summed E-state index contributed by atoms with van der Waals surface area (Å²) in [5.74, 6) is 0.689. The zero-order valence-electron chi connectivity index (χ0n) is 16.8. The largest absolute Gasteiger partial charge is 0.379 e. The summed E-state index contributed by atoms with van der Waals surface area (Å²) in [6.45, 7) is 14.4. The van der Waals surface area contributed by atoms with Gasteiger partial charge in [0, 0.05) is 38.3 Å². The Bertz CT molecular complexity index is 625. The Kier molecular flexibility index (Phi) is 8.46. The molecule has 0 unspecified atom stereocenters. The zero-order chi connectivity index (χ0) is 19.7. The van der Waals surface area contributed by atoms with Gasteiger partial charge in [0.2, 0.25) is 0 Å². The summed E-state index contributed by atoms with van der Waals surface area (Å²) in [7, 11) is 0. The second-order valence-electron chi connectivity index (χ2n) is 7.06. The molecule has 1 amide bonds. The molecular formula is C18H32N6O2S. The normalized spacial score (nSPS) is 16.2. The van der Waals surface area contributed by atoms with Gasteiger partial charge in [0.15, 0.2) is 5.96 Å². The Hall–Kier alpha value is -1.71. The molecule has 2 rings (SSSR count). The number of carbonyl (C=O) groups excluding carboxylic acids is 1. The molecule has 1 aliphatic heterocycles. The van der Waals surface area contributed by atoms with E-state index in [-0.39, 0.29) is 11.4 Å². The molecule has 8 nitrogen and oxygen atoms in total. The lowest BCUT2D eigenvalue weighted by atomic mass is 10.0. The van der Waals surface area contributed by atoms with Crippen molar-refractivity contribution >= 4 is 23.2 Å². The van der Waals surface area contributed by atoms with E-state index >= 15 is 0 Å². The highest BCUT2D eigenvalue weighted by atomic mass is 32.1. The zero-order valence-corrected chi connectivity index (χ0v) is 17.6. The van der Waals surface area contributed by atoms with Crippen LogP contribution < -0.4 is 16.0 Å².